The molecule has 0 saturated carbocycles. The van der Waals surface area contributed by atoms with Crippen molar-refractivity contribution in [3.8, 4) is 0 Å². The fourth-order valence-electron chi connectivity index (χ4n) is 2.05. The van der Waals surface area contributed by atoms with Crippen LogP contribution in [0.3, 0.4) is 0 Å². The van der Waals surface area contributed by atoms with Gasteiger partial charge in [0.15, 0.2) is 0 Å². The average Bonchev–Trinajstić information content (AvgIpc) is 2.93. The average molecular weight is 303 g/mol. The van der Waals surface area contributed by atoms with Gasteiger partial charge in [0.2, 0.25) is 10.0 Å². The van der Waals surface area contributed by atoms with Crippen LogP contribution >= 0.6 is 0 Å². The second kappa shape index (κ2) is 5.19. The lowest BCUT2D eigenvalue weighted by atomic mass is 10.2. The van der Waals surface area contributed by atoms with Crippen LogP contribution in [0.1, 0.15) is 5.56 Å². The number of nitrogens with two attached hydrogens (primary N) is 1. The summed E-state index contributed by atoms with van der Waals surface area (Å²) in [6, 6.07) is 10.1. The molecule has 0 fully saturated rings. The lowest BCUT2D eigenvalue weighted by Gasteiger charge is -2.07. The number of nitrogens with one attached hydrogen (secondary N) is 1. The third-order valence-corrected chi connectivity index (χ3v) is 3.98. The molecule has 3 aromatic rings. The molecule has 0 aliphatic carbocycles. The topological polar surface area (TPSA) is 98.2 Å². The SMILES string of the molecule is NS(=O)(=O)c1cccc(CNc2nccc3occc23)c1. The van der Waals surface area contributed by atoms with E-state index in [9.17, 15) is 8.42 Å². The van der Waals surface area contributed by atoms with Crippen molar-refractivity contribution in [2.24, 2.45) is 5.14 Å². The Morgan fingerprint density at radius 2 is 2.10 bits per heavy atom. The zero-order valence-electron chi connectivity index (χ0n) is 11.0. The van der Waals surface area contributed by atoms with Crippen LogP contribution in [0.25, 0.3) is 11.0 Å². The molecule has 7 heteroatoms. The van der Waals surface area contributed by atoms with E-state index >= 15 is 0 Å². The molecular weight excluding hydrogens is 290 g/mol. The largest absolute Gasteiger partial charge is 0.464 e. The minimum Gasteiger partial charge on any atom is -0.464 e. The third-order valence-electron chi connectivity index (χ3n) is 3.07. The first-order chi connectivity index (χ1) is 10.0. The van der Waals surface area contributed by atoms with E-state index < -0.39 is 10.0 Å². The Morgan fingerprint density at radius 3 is 2.90 bits per heavy atom. The summed E-state index contributed by atoms with van der Waals surface area (Å²) in [5, 5.41) is 9.16. The number of benzene rings is 1. The van der Waals surface area contributed by atoms with Crippen molar-refractivity contribution in [1.82, 2.24) is 4.98 Å². The van der Waals surface area contributed by atoms with Crippen molar-refractivity contribution in [3.63, 3.8) is 0 Å². The van der Waals surface area contributed by atoms with Crippen LogP contribution in [0.15, 0.2) is 58.2 Å². The monoisotopic (exact) mass is 303 g/mol. The first kappa shape index (κ1) is 13.6. The van der Waals surface area contributed by atoms with Gasteiger partial charge in [0.25, 0.3) is 0 Å². The van der Waals surface area contributed by atoms with Crippen molar-refractivity contribution in [1.29, 1.82) is 0 Å². The van der Waals surface area contributed by atoms with Gasteiger partial charge in [0.05, 0.1) is 16.5 Å². The summed E-state index contributed by atoms with van der Waals surface area (Å²) in [6.45, 7) is 0.431. The summed E-state index contributed by atoms with van der Waals surface area (Å²) < 4.78 is 28.0. The highest BCUT2D eigenvalue weighted by Gasteiger charge is 2.08. The molecule has 0 unspecified atom stereocenters. The molecule has 2 heterocycles. The second-order valence-electron chi connectivity index (χ2n) is 4.54. The summed E-state index contributed by atoms with van der Waals surface area (Å²) in [6.07, 6.45) is 3.24. The molecule has 0 aliphatic heterocycles. The first-order valence-electron chi connectivity index (χ1n) is 6.22. The number of fused-ring (bicyclic) bond motifs is 1. The zero-order chi connectivity index (χ0) is 14.9. The Labute approximate surface area is 121 Å². The van der Waals surface area contributed by atoms with Crippen LogP contribution in [-0.4, -0.2) is 13.4 Å². The maximum atomic E-state index is 11.3. The number of sulfonamides is 1. The number of nitrogens with zero attached hydrogens (tertiary/aromatic N) is 1. The quantitative estimate of drug-likeness (QED) is 0.769. The number of pyridine rings is 1. The highest BCUT2D eigenvalue weighted by Crippen LogP contribution is 2.22. The van der Waals surface area contributed by atoms with Gasteiger partial charge < -0.3 is 9.73 Å². The highest BCUT2D eigenvalue weighted by molar-refractivity contribution is 7.89. The van der Waals surface area contributed by atoms with Gasteiger partial charge >= 0.3 is 0 Å². The molecule has 0 amide bonds. The summed E-state index contributed by atoms with van der Waals surface area (Å²) in [4.78, 5) is 4.35. The van der Waals surface area contributed by atoms with Crippen LogP contribution in [0.4, 0.5) is 5.82 Å². The molecule has 0 saturated heterocycles. The minimum atomic E-state index is -3.69. The van der Waals surface area contributed by atoms with Crippen LogP contribution in [-0.2, 0) is 16.6 Å². The van der Waals surface area contributed by atoms with E-state index in [1.165, 1.54) is 12.1 Å². The van der Waals surface area contributed by atoms with Crippen molar-refractivity contribution >= 4 is 26.8 Å². The lowest BCUT2D eigenvalue weighted by Crippen LogP contribution is -2.12. The number of rotatable bonds is 4. The predicted molar refractivity (Wildman–Crippen MR) is 79.2 cm³/mol. The molecule has 3 N–H and O–H groups in total. The summed E-state index contributed by atoms with van der Waals surface area (Å²) in [7, 11) is -3.69. The minimum absolute atomic E-state index is 0.0938. The molecule has 0 radical (unpaired) electrons. The molecule has 1 aromatic carbocycles. The Hall–Kier alpha value is -2.38. The van der Waals surface area contributed by atoms with Crippen LogP contribution in [0.2, 0.25) is 0 Å². The van der Waals surface area contributed by atoms with Crippen molar-refractivity contribution < 1.29 is 12.8 Å². The van der Waals surface area contributed by atoms with Crippen molar-refractivity contribution in [2.45, 2.75) is 11.4 Å². The van der Waals surface area contributed by atoms with Gasteiger partial charge in [-0.05, 0) is 29.8 Å². The number of hydrogen-bond donors (Lipinski definition) is 2. The normalized spacial score (nSPS) is 11.7. The molecular formula is C14H13N3O3S. The van der Waals surface area contributed by atoms with Gasteiger partial charge in [0, 0.05) is 12.7 Å². The van der Waals surface area contributed by atoms with Gasteiger partial charge in [-0.1, -0.05) is 12.1 Å². The van der Waals surface area contributed by atoms with E-state index in [1.54, 1.807) is 24.6 Å². The van der Waals surface area contributed by atoms with E-state index in [4.69, 9.17) is 9.56 Å². The molecule has 21 heavy (non-hydrogen) atoms. The lowest BCUT2D eigenvalue weighted by molar-refractivity contribution is 0.597. The predicted octanol–water partition coefficient (Wildman–Crippen LogP) is 2.09. The molecule has 108 valence electrons. The number of primary sulfonamides is 1. The Kier molecular flexibility index (Phi) is 3.36. The summed E-state index contributed by atoms with van der Waals surface area (Å²) >= 11 is 0. The first-order valence-corrected chi connectivity index (χ1v) is 7.76. The van der Waals surface area contributed by atoms with Gasteiger partial charge in [0.1, 0.15) is 11.4 Å². The van der Waals surface area contributed by atoms with E-state index in [0.29, 0.717) is 12.4 Å². The second-order valence-corrected chi connectivity index (χ2v) is 6.10. The highest BCUT2D eigenvalue weighted by atomic mass is 32.2. The van der Waals surface area contributed by atoms with Gasteiger partial charge in [-0.3, -0.25) is 0 Å². The maximum Gasteiger partial charge on any atom is 0.238 e. The van der Waals surface area contributed by atoms with Crippen LogP contribution < -0.4 is 10.5 Å². The van der Waals surface area contributed by atoms with Gasteiger partial charge in [-0.25, -0.2) is 18.5 Å². The Balaban J connectivity index is 1.84. The number of hydrogen-bond acceptors (Lipinski definition) is 5. The van der Waals surface area contributed by atoms with Gasteiger partial charge in [-0.2, -0.15) is 0 Å². The van der Waals surface area contributed by atoms with Crippen LogP contribution in [0, 0.1) is 0 Å². The third kappa shape index (κ3) is 2.88. The molecule has 0 aliphatic rings. The van der Waals surface area contributed by atoms with E-state index in [1.807, 2.05) is 12.1 Å². The van der Waals surface area contributed by atoms with E-state index in [-0.39, 0.29) is 4.90 Å². The Morgan fingerprint density at radius 1 is 1.24 bits per heavy atom. The number of furan rings is 1. The van der Waals surface area contributed by atoms with Crippen molar-refractivity contribution in [2.75, 3.05) is 5.32 Å². The molecule has 2 aromatic heterocycles. The van der Waals surface area contributed by atoms with E-state index in [2.05, 4.69) is 10.3 Å². The molecule has 0 spiro atoms. The fourth-order valence-corrected chi connectivity index (χ4v) is 2.64. The van der Waals surface area contributed by atoms with Gasteiger partial charge in [-0.15, -0.1) is 0 Å². The Bertz CT molecular complexity index is 887. The molecule has 6 nitrogen and oxygen atoms in total. The maximum absolute atomic E-state index is 11.3. The molecule has 0 bridgehead atoms. The smallest absolute Gasteiger partial charge is 0.238 e. The standard InChI is InChI=1S/C14H13N3O3S/c15-21(18,19)11-3-1-2-10(8-11)9-17-14-12-5-7-20-13(12)4-6-16-14/h1-8H,9H2,(H,16,17)(H2,15,18,19). The number of anilines is 1. The van der Waals surface area contributed by atoms with Crippen molar-refractivity contribution in [3.05, 3.63) is 54.4 Å². The number of aromatic nitrogens is 1. The molecule has 3 rings (SSSR count). The molecule has 0 atom stereocenters. The summed E-state index contributed by atoms with van der Waals surface area (Å²) in [5.74, 6) is 0.683. The van der Waals surface area contributed by atoms with E-state index in [0.717, 1.165) is 16.5 Å². The fraction of sp³-hybridized carbons (Fsp3) is 0.0714. The zero-order valence-corrected chi connectivity index (χ0v) is 11.8. The van der Waals surface area contributed by atoms with Crippen LogP contribution in [0.5, 0.6) is 0 Å². The summed E-state index contributed by atoms with van der Waals surface area (Å²) in [5.41, 5.74) is 1.54.